The summed E-state index contributed by atoms with van der Waals surface area (Å²) < 4.78 is 5.37. The molecular weight excluding hydrogens is 290 g/mol. The number of carbonyl (C=O) groups is 1. The number of ether oxygens (including phenoxy) is 1. The minimum absolute atomic E-state index is 0.126. The second-order valence-corrected chi connectivity index (χ2v) is 5.70. The summed E-state index contributed by atoms with van der Waals surface area (Å²) in [6.45, 7) is 6.29. The Morgan fingerprint density at radius 3 is 2.48 bits per heavy atom. The van der Waals surface area contributed by atoms with Crippen LogP contribution >= 0.6 is 0 Å². The lowest BCUT2D eigenvalue weighted by Crippen LogP contribution is -2.37. The molecule has 5 heteroatoms. The fourth-order valence-corrected chi connectivity index (χ4v) is 2.80. The Hall–Kier alpha value is -1.88. The summed E-state index contributed by atoms with van der Waals surface area (Å²) in [5.41, 5.74) is 8.48. The summed E-state index contributed by atoms with van der Waals surface area (Å²) >= 11 is 0. The van der Waals surface area contributed by atoms with Gasteiger partial charge in [-0.1, -0.05) is 26.0 Å². The van der Waals surface area contributed by atoms with E-state index >= 15 is 0 Å². The van der Waals surface area contributed by atoms with Crippen molar-refractivity contribution in [2.45, 2.75) is 39.5 Å². The molecule has 3 rings (SSSR count). The van der Waals surface area contributed by atoms with Gasteiger partial charge in [-0.3, -0.25) is 4.79 Å². The Kier molecular flexibility index (Phi) is 6.59. The SMILES string of the molecule is CC.Nc1ccc(C2=NN(CC3CCOCC3)C(=O)CC2)cc1. The Labute approximate surface area is 138 Å². The minimum atomic E-state index is 0.126. The Morgan fingerprint density at radius 1 is 1.17 bits per heavy atom. The van der Waals surface area contributed by atoms with Crippen LogP contribution in [0.15, 0.2) is 29.4 Å². The van der Waals surface area contributed by atoms with Crippen molar-refractivity contribution in [1.82, 2.24) is 5.01 Å². The Morgan fingerprint density at radius 2 is 1.83 bits per heavy atom. The number of nitrogen functional groups attached to an aromatic ring is 1. The zero-order chi connectivity index (χ0) is 16.7. The molecule has 2 heterocycles. The second kappa shape index (κ2) is 8.67. The minimum Gasteiger partial charge on any atom is -0.399 e. The van der Waals surface area contributed by atoms with Crippen molar-refractivity contribution in [2.24, 2.45) is 11.0 Å². The van der Waals surface area contributed by atoms with E-state index in [1.54, 1.807) is 5.01 Å². The van der Waals surface area contributed by atoms with Gasteiger partial charge in [-0.05, 0) is 36.5 Å². The van der Waals surface area contributed by atoms with Crippen LogP contribution in [0.3, 0.4) is 0 Å². The van der Waals surface area contributed by atoms with Crippen molar-refractivity contribution in [3.05, 3.63) is 29.8 Å². The number of hydrazone groups is 1. The lowest BCUT2D eigenvalue weighted by Gasteiger charge is -2.29. The highest BCUT2D eigenvalue weighted by Gasteiger charge is 2.25. The molecule has 0 saturated carbocycles. The molecule has 0 atom stereocenters. The van der Waals surface area contributed by atoms with Crippen LogP contribution in [-0.4, -0.2) is 36.4 Å². The molecule has 0 unspecified atom stereocenters. The number of nitrogens with zero attached hydrogens (tertiary/aromatic N) is 2. The topological polar surface area (TPSA) is 67.9 Å². The Bertz CT molecular complexity index is 534. The lowest BCUT2D eigenvalue weighted by molar-refractivity contribution is -0.132. The first-order chi connectivity index (χ1) is 11.2. The highest BCUT2D eigenvalue weighted by molar-refractivity contribution is 6.04. The zero-order valence-electron chi connectivity index (χ0n) is 14.1. The van der Waals surface area contributed by atoms with E-state index in [9.17, 15) is 4.79 Å². The van der Waals surface area contributed by atoms with Gasteiger partial charge >= 0.3 is 0 Å². The predicted octanol–water partition coefficient (Wildman–Crippen LogP) is 3.05. The second-order valence-electron chi connectivity index (χ2n) is 5.70. The number of hydrogen-bond donors (Lipinski definition) is 1. The third kappa shape index (κ3) is 4.79. The molecule has 1 saturated heterocycles. The van der Waals surface area contributed by atoms with Gasteiger partial charge in [-0.25, -0.2) is 5.01 Å². The Balaban J connectivity index is 0.000000924. The number of amides is 1. The fraction of sp³-hybridized carbons (Fsp3) is 0.556. The summed E-state index contributed by atoms with van der Waals surface area (Å²) in [4.78, 5) is 12.1. The van der Waals surface area contributed by atoms with E-state index in [-0.39, 0.29) is 5.91 Å². The van der Waals surface area contributed by atoms with Crippen LogP contribution in [0.1, 0.15) is 45.1 Å². The maximum atomic E-state index is 12.1. The van der Waals surface area contributed by atoms with Gasteiger partial charge in [0, 0.05) is 38.3 Å². The van der Waals surface area contributed by atoms with Crippen LogP contribution in [0.2, 0.25) is 0 Å². The van der Waals surface area contributed by atoms with Gasteiger partial charge in [-0.15, -0.1) is 0 Å². The molecule has 2 N–H and O–H groups in total. The smallest absolute Gasteiger partial charge is 0.243 e. The van der Waals surface area contributed by atoms with Crippen LogP contribution in [-0.2, 0) is 9.53 Å². The average Bonchev–Trinajstić information content (AvgIpc) is 2.60. The molecule has 1 fully saturated rings. The molecule has 0 radical (unpaired) electrons. The molecule has 0 aliphatic carbocycles. The van der Waals surface area contributed by atoms with Crippen molar-refractivity contribution in [3.63, 3.8) is 0 Å². The van der Waals surface area contributed by atoms with Gasteiger partial charge in [0.05, 0.1) is 5.71 Å². The summed E-state index contributed by atoms with van der Waals surface area (Å²) in [6, 6.07) is 7.68. The third-order valence-electron chi connectivity index (χ3n) is 4.12. The first kappa shape index (κ1) is 17.5. The molecule has 1 aromatic carbocycles. The number of anilines is 1. The van der Waals surface area contributed by atoms with E-state index in [1.165, 1.54) is 0 Å². The monoisotopic (exact) mass is 317 g/mol. The lowest BCUT2D eigenvalue weighted by atomic mass is 9.99. The molecule has 0 aromatic heterocycles. The molecule has 126 valence electrons. The number of carbonyl (C=O) groups excluding carboxylic acids is 1. The van der Waals surface area contributed by atoms with E-state index in [0.29, 0.717) is 25.3 Å². The molecule has 0 spiro atoms. The molecule has 2 aliphatic rings. The van der Waals surface area contributed by atoms with Crippen LogP contribution in [0.5, 0.6) is 0 Å². The molecule has 23 heavy (non-hydrogen) atoms. The van der Waals surface area contributed by atoms with Crippen LogP contribution in [0.25, 0.3) is 0 Å². The van der Waals surface area contributed by atoms with Gasteiger partial charge in [0.2, 0.25) is 5.91 Å². The van der Waals surface area contributed by atoms with E-state index in [1.807, 2.05) is 38.1 Å². The van der Waals surface area contributed by atoms with Crippen molar-refractivity contribution in [1.29, 1.82) is 0 Å². The zero-order valence-corrected chi connectivity index (χ0v) is 14.1. The van der Waals surface area contributed by atoms with Gasteiger partial charge in [0.25, 0.3) is 0 Å². The standard InChI is InChI=1S/C16H21N3O2.C2H6/c17-14-3-1-13(2-4-14)15-5-6-16(20)19(18-15)11-12-7-9-21-10-8-12;1-2/h1-4,12H,5-11,17H2;1-2H3. The fourth-order valence-electron chi connectivity index (χ4n) is 2.80. The summed E-state index contributed by atoms with van der Waals surface area (Å²) in [5.74, 6) is 0.623. The normalized spacial score (nSPS) is 19.0. The van der Waals surface area contributed by atoms with Crippen LogP contribution < -0.4 is 5.73 Å². The average molecular weight is 317 g/mol. The summed E-state index contributed by atoms with van der Waals surface area (Å²) in [6.07, 6.45) is 3.26. The van der Waals surface area contributed by atoms with Crippen molar-refractivity contribution in [3.8, 4) is 0 Å². The predicted molar refractivity (Wildman–Crippen MR) is 93.2 cm³/mol. The summed E-state index contributed by atoms with van der Waals surface area (Å²) in [5, 5.41) is 6.23. The highest BCUT2D eigenvalue weighted by atomic mass is 16.5. The molecule has 1 aromatic rings. The van der Waals surface area contributed by atoms with Gasteiger partial charge < -0.3 is 10.5 Å². The molecule has 2 aliphatic heterocycles. The van der Waals surface area contributed by atoms with Crippen LogP contribution in [0, 0.1) is 5.92 Å². The van der Waals surface area contributed by atoms with Gasteiger partial charge in [0.1, 0.15) is 0 Å². The van der Waals surface area contributed by atoms with E-state index in [2.05, 4.69) is 5.10 Å². The molecular formula is C18H27N3O2. The number of rotatable bonds is 3. The first-order valence-electron chi connectivity index (χ1n) is 8.54. The van der Waals surface area contributed by atoms with Gasteiger partial charge in [0.15, 0.2) is 0 Å². The maximum absolute atomic E-state index is 12.1. The van der Waals surface area contributed by atoms with E-state index in [0.717, 1.165) is 43.0 Å². The van der Waals surface area contributed by atoms with Gasteiger partial charge in [-0.2, -0.15) is 5.10 Å². The number of nitrogens with two attached hydrogens (primary N) is 1. The first-order valence-corrected chi connectivity index (χ1v) is 8.54. The maximum Gasteiger partial charge on any atom is 0.243 e. The highest BCUT2D eigenvalue weighted by Crippen LogP contribution is 2.21. The quantitative estimate of drug-likeness (QED) is 0.871. The van der Waals surface area contributed by atoms with Crippen molar-refractivity contribution >= 4 is 17.3 Å². The van der Waals surface area contributed by atoms with Crippen LogP contribution in [0.4, 0.5) is 5.69 Å². The van der Waals surface area contributed by atoms with Crippen molar-refractivity contribution < 1.29 is 9.53 Å². The van der Waals surface area contributed by atoms with E-state index < -0.39 is 0 Å². The third-order valence-corrected chi connectivity index (χ3v) is 4.12. The molecule has 0 bridgehead atoms. The number of hydrogen-bond acceptors (Lipinski definition) is 4. The molecule has 1 amide bonds. The van der Waals surface area contributed by atoms with Crippen molar-refractivity contribution in [2.75, 3.05) is 25.5 Å². The number of benzene rings is 1. The summed E-state index contributed by atoms with van der Waals surface area (Å²) in [7, 11) is 0. The largest absolute Gasteiger partial charge is 0.399 e. The van der Waals surface area contributed by atoms with E-state index in [4.69, 9.17) is 10.5 Å². The molecule has 5 nitrogen and oxygen atoms in total.